The van der Waals surface area contributed by atoms with E-state index in [0.717, 1.165) is 11.6 Å². The highest BCUT2D eigenvalue weighted by Crippen LogP contribution is 2.28. The molecule has 1 saturated carbocycles. The second-order valence-corrected chi connectivity index (χ2v) is 5.28. The first-order valence-electron chi connectivity index (χ1n) is 6.34. The molecular formula is C13H23N3. The smallest absolute Gasteiger partial charge is 0.0827 e. The minimum atomic E-state index is 0.644. The molecule has 2 unspecified atom stereocenters. The highest BCUT2D eigenvalue weighted by atomic mass is 15.3. The Labute approximate surface area is 98.2 Å². The normalized spacial score (nSPS) is 25.8. The average molecular weight is 221 g/mol. The van der Waals surface area contributed by atoms with Crippen LogP contribution in [0.1, 0.15) is 44.0 Å². The molecule has 90 valence electrons. The SMILES string of the molecule is Cc1nn(C)c(C)c1NC1CCCC(C)C1. The van der Waals surface area contributed by atoms with Crippen LogP contribution in [-0.4, -0.2) is 15.8 Å². The first kappa shape index (κ1) is 11.5. The first-order chi connectivity index (χ1) is 7.58. The van der Waals surface area contributed by atoms with Gasteiger partial charge in [-0.1, -0.05) is 19.8 Å². The minimum Gasteiger partial charge on any atom is -0.379 e. The highest BCUT2D eigenvalue weighted by Gasteiger charge is 2.20. The Hall–Kier alpha value is -0.990. The molecule has 0 bridgehead atoms. The van der Waals surface area contributed by atoms with E-state index in [9.17, 15) is 0 Å². The molecule has 0 amide bonds. The molecule has 1 aromatic rings. The van der Waals surface area contributed by atoms with Gasteiger partial charge in [-0.2, -0.15) is 5.10 Å². The third-order valence-corrected chi connectivity index (χ3v) is 3.79. The molecule has 3 nitrogen and oxygen atoms in total. The summed E-state index contributed by atoms with van der Waals surface area (Å²) in [5.74, 6) is 0.864. The molecule has 16 heavy (non-hydrogen) atoms. The maximum atomic E-state index is 4.45. The van der Waals surface area contributed by atoms with Crippen molar-refractivity contribution >= 4 is 5.69 Å². The Bertz CT molecular complexity index is 367. The molecule has 1 N–H and O–H groups in total. The molecule has 0 spiro atoms. The zero-order chi connectivity index (χ0) is 11.7. The summed E-state index contributed by atoms with van der Waals surface area (Å²) in [6, 6.07) is 0.644. The number of anilines is 1. The van der Waals surface area contributed by atoms with Gasteiger partial charge < -0.3 is 5.32 Å². The monoisotopic (exact) mass is 221 g/mol. The standard InChI is InChI=1S/C13H23N3/c1-9-6-5-7-12(8-9)14-13-10(2)15-16(4)11(13)3/h9,12,14H,5-8H2,1-4H3. The summed E-state index contributed by atoms with van der Waals surface area (Å²) in [4.78, 5) is 0. The van der Waals surface area contributed by atoms with Crippen LogP contribution in [0, 0.1) is 19.8 Å². The number of rotatable bonds is 2. The predicted molar refractivity (Wildman–Crippen MR) is 67.7 cm³/mol. The summed E-state index contributed by atoms with van der Waals surface area (Å²) in [5, 5.41) is 8.13. The van der Waals surface area contributed by atoms with Gasteiger partial charge in [-0.25, -0.2) is 0 Å². The fourth-order valence-corrected chi connectivity index (χ4v) is 2.75. The van der Waals surface area contributed by atoms with Crippen molar-refractivity contribution in [2.45, 2.75) is 52.5 Å². The number of nitrogens with zero attached hydrogens (tertiary/aromatic N) is 2. The molecule has 0 saturated heterocycles. The largest absolute Gasteiger partial charge is 0.379 e. The number of aryl methyl sites for hydroxylation is 2. The van der Waals surface area contributed by atoms with Gasteiger partial charge in [0.25, 0.3) is 0 Å². The molecule has 0 radical (unpaired) electrons. The van der Waals surface area contributed by atoms with Crippen molar-refractivity contribution in [2.24, 2.45) is 13.0 Å². The fraction of sp³-hybridized carbons (Fsp3) is 0.769. The lowest BCUT2D eigenvalue weighted by atomic mass is 9.87. The zero-order valence-electron chi connectivity index (χ0n) is 10.9. The van der Waals surface area contributed by atoms with Gasteiger partial charge in [-0.05, 0) is 32.6 Å². The van der Waals surface area contributed by atoms with Crippen molar-refractivity contribution < 1.29 is 0 Å². The second kappa shape index (κ2) is 4.48. The maximum absolute atomic E-state index is 4.45. The van der Waals surface area contributed by atoms with E-state index < -0.39 is 0 Å². The molecule has 2 atom stereocenters. The lowest BCUT2D eigenvalue weighted by Crippen LogP contribution is -2.26. The molecular weight excluding hydrogens is 198 g/mol. The van der Waals surface area contributed by atoms with E-state index in [-0.39, 0.29) is 0 Å². The molecule has 1 aromatic heterocycles. The minimum absolute atomic E-state index is 0.644. The lowest BCUT2D eigenvalue weighted by molar-refractivity contribution is 0.358. The number of nitrogens with one attached hydrogen (secondary N) is 1. The van der Waals surface area contributed by atoms with Crippen LogP contribution in [0.2, 0.25) is 0 Å². The predicted octanol–water partition coefficient (Wildman–Crippen LogP) is 3.03. The average Bonchev–Trinajstić information content (AvgIpc) is 2.45. The van der Waals surface area contributed by atoms with E-state index in [4.69, 9.17) is 0 Å². The van der Waals surface area contributed by atoms with Crippen LogP contribution in [0.15, 0.2) is 0 Å². The number of hydrogen-bond acceptors (Lipinski definition) is 2. The van der Waals surface area contributed by atoms with Crippen molar-refractivity contribution in [1.82, 2.24) is 9.78 Å². The Morgan fingerprint density at radius 2 is 2.06 bits per heavy atom. The van der Waals surface area contributed by atoms with E-state index in [2.05, 4.69) is 31.2 Å². The second-order valence-electron chi connectivity index (χ2n) is 5.28. The molecule has 1 aliphatic rings. The van der Waals surface area contributed by atoms with Crippen LogP contribution in [-0.2, 0) is 7.05 Å². The van der Waals surface area contributed by atoms with Gasteiger partial charge in [-0.3, -0.25) is 4.68 Å². The Kier molecular flexibility index (Phi) is 3.22. The van der Waals surface area contributed by atoms with Crippen molar-refractivity contribution in [3.8, 4) is 0 Å². The molecule has 1 heterocycles. The van der Waals surface area contributed by atoms with Gasteiger partial charge in [0, 0.05) is 13.1 Å². The molecule has 3 heteroatoms. The van der Waals surface area contributed by atoms with Crippen molar-refractivity contribution in [3.63, 3.8) is 0 Å². The maximum Gasteiger partial charge on any atom is 0.0827 e. The number of hydrogen-bond donors (Lipinski definition) is 1. The first-order valence-corrected chi connectivity index (χ1v) is 6.34. The van der Waals surface area contributed by atoms with Gasteiger partial charge in [0.15, 0.2) is 0 Å². The number of aromatic nitrogens is 2. The molecule has 2 rings (SSSR count). The van der Waals surface area contributed by atoms with E-state index in [1.54, 1.807) is 0 Å². The summed E-state index contributed by atoms with van der Waals surface area (Å²) in [7, 11) is 2.01. The van der Waals surface area contributed by atoms with Crippen molar-refractivity contribution in [1.29, 1.82) is 0 Å². The summed E-state index contributed by atoms with van der Waals surface area (Å²) < 4.78 is 1.96. The fourth-order valence-electron chi connectivity index (χ4n) is 2.75. The van der Waals surface area contributed by atoms with Crippen LogP contribution >= 0.6 is 0 Å². The van der Waals surface area contributed by atoms with Gasteiger partial charge in [0.05, 0.1) is 17.1 Å². The van der Waals surface area contributed by atoms with Crippen LogP contribution < -0.4 is 5.32 Å². The third-order valence-electron chi connectivity index (χ3n) is 3.79. The Morgan fingerprint density at radius 3 is 2.62 bits per heavy atom. The highest BCUT2D eigenvalue weighted by molar-refractivity contribution is 5.52. The Morgan fingerprint density at radius 1 is 1.31 bits per heavy atom. The third kappa shape index (κ3) is 2.23. The zero-order valence-corrected chi connectivity index (χ0v) is 10.9. The summed E-state index contributed by atoms with van der Waals surface area (Å²) >= 11 is 0. The lowest BCUT2D eigenvalue weighted by Gasteiger charge is -2.28. The Balaban J connectivity index is 2.08. The molecule has 1 fully saturated rings. The molecule has 0 aromatic carbocycles. The van der Waals surface area contributed by atoms with Gasteiger partial charge in [0.1, 0.15) is 0 Å². The van der Waals surface area contributed by atoms with Gasteiger partial charge in [0.2, 0.25) is 0 Å². The van der Waals surface area contributed by atoms with E-state index >= 15 is 0 Å². The van der Waals surface area contributed by atoms with Crippen molar-refractivity contribution in [2.75, 3.05) is 5.32 Å². The summed E-state index contributed by atoms with van der Waals surface area (Å²) in [5.41, 5.74) is 3.62. The van der Waals surface area contributed by atoms with Crippen LogP contribution in [0.4, 0.5) is 5.69 Å². The summed E-state index contributed by atoms with van der Waals surface area (Å²) in [6.45, 7) is 6.58. The van der Waals surface area contributed by atoms with Crippen LogP contribution in [0.5, 0.6) is 0 Å². The van der Waals surface area contributed by atoms with Gasteiger partial charge in [-0.15, -0.1) is 0 Å². The van der Waals surface area contributed by atoms with Crippen molar-refractivity contribution in [3.05, 3.63) is 11.4 Å². The van der Waals surface area contributed by atoms with E-state index in [1.807, 2.05) is 11.7 Å². The topological polar surface area (TPSA) is 29.9 Å². The van der Waals surface area contributed by atoms with E-state index in [1.165, 1.54) is 37.1 Å². The van der Waals surface area contributed by atoms with Crippen LogP contribution in [0.3, 0.4) is 0 Å². The quantitative estimate of drug-likeness (QED) is 0.832. The van der Waals surface area contributed by atoms with Crippen LogP contribution in [0.25, 0.3) is 0 Å². The summed E-state index contributed by atoms with van der Waals surface area (Å²) in [6.07, 6.45) is 5.35. The van der Waals surface area contributed by atoms with Gasteiger partial charge >= 0.3 is 0 Å². The molecule has 1 aliphatic carbocycles. The van der Waals surface area contributed by atoms with E-state index in [0.29, 0.717) is 6.04 Å². The molecule has 0 aliphatic heterocycles.